The predicted molar refractivity (Wildman–Crippen MR) is 45.3 cm³/mol. The van der Waals surface area contributed by atoms with Gasteiger partial charge in [-0.1, -0.05) is 0 Å². The van der Waals surface area contributed by atoms with E-state index in [2.05, 4.69) is 30.9 Å². The summed E-state index contributed by atoms with van der Waals surface area (Å²) in [6, 6.07) is 0.905. The fraction of sp³-hybridized carbons (Fsp3) is 1.00. The van der Waals surface area contributed by atoms with Crippen LogP contribution in [0.1, 0.15) is 12.8 Å². The van der Waals surface area contributed by atoms with Gasteiger partial charge in [0.05, 0.1) is 6.67 Å². The summed E-state index contributed by atoms with van der Waals surface area (Å²) in [6.45, 7) is 3.83. The molecule has 2 rings (SSSR count). The highest BCUT2D eigenvalue weighted by Crippen LogP contribution is 2.25. The van der Waals surface area contributed by atoms with Crippen molar-refractivity contribution in [2.75, 3.05) is 19.8 Å². The molecular weight excluding hydrogens is 227 g/mol. The molecule has 0 radical (unpaired) electrons. The zero-order valence-corrected chi connectivity index (χ0v) is 7.54. The third-order valence-electron chi connectivity index (χ3n) is 2.24. The first-order chi connectivity index (χ1) is 4.36. The first-order valence-corrected chi connectivity index (χ1v) is 4.47. The van der Waals surface area contributed by atoms with Crippen LogP contribution in [0, 0.1) is 0 Å². The Bertz CT molecular complexity index is 106. The summed E-state index contributed by atoms with van der Waals surface area (Å²) in [7, 11) is 0. The van der Waals surface area contributed by atoms with Gasteiger partial charge in [-0.15, -0.1) is 0 Å². The summed E-state index contributed by atoms with van der Waals surface area (Å²) in [5, 5.41) is 0. The average Bonchev–Trinajstić information content (AvgIpc) is 2.22. The highest BCUT2D eigenvalue weighted by atomic mass is 127. The van der Waals surface area contributed by atoms with Crippen LogP contribution in [0.25, 0.3) is 0 Å². The highest BCUT2D eigenvalue weighted by Gasteiger charge is 2.32. The summed E-state index contributed by atoms with van der Waals surface area (Å²) in [5.41, 5.74) is 0. The van der Waals surface area contributed by atoms with Crippen LogP contribution in [0.3, 0.4) is 0 Å². The Labute approximate surface area is 69.7 Å². The SMILES string of the molecule is IN1CC2CCCN2C1. The van der Waals surface area contributed by atoms with E-state index in [1.165, 1.54) is 32.6 Å². The maximum absolute atomic E-state index is 2.58. The lowest BCUT2D eigenvalue weighted by atomic mass is 10.2. The molecule has 2 fully saturated rings. The quantitative estimate of drug-likeness (QED) is 0.460. The minimum absolute atomic E-state index is 0.905. The molecule has 0 saturated carbocycles. The molecule has 0 aromatic rings. The second-order valence-electron chi connectivity index (χ2n) is 2.90. The van der Waals surface area contributed by atoms with Crippen molar-refractivity contribution in [3.8, 4) is 0 Å². The van der Waals surface area contributed by atoms with Gasteiger partial charge in [0.15, 0.2) is 0 Å². The van der Waals surface area contributed by atoms with Gasteiger partial charge in [0, 0.05) is 35.5 Å². The topological polar surface area (TPSA) is 6.48 Å². The molecule has 9 heavy (non-hydrogen) atoms. The molecule has 2 saturated heterocycles. The minimum Gasteiger partial charge on any atom is -0.286 e. The van der Waals surface area contributed by atoms with E-state index < -0.39 is 0 Å². The van der Waals surface area contributed by atoms with Gasteiger partial charge in [-0.25, -0.2) is 3.11 Å². The van der Waals surface area contributed by atoms with E-state index in [9.17, 15) is 0 Å². The molecule has 3 heteroatoms. The van der Waals surface area contributed by atoms with Crippen molar-refractivity contribution < 1.29 is 0 Å². The molecule has 0 aliphatic carbocycles. The molecular formula is C6H11IN2. The van der Waals surface area contributed by atoms with Crippen molar-refractivity contribution in [1.82, 2.24) is 8.01 Å². The van der Waals surface area contributed by atoms with Crippen molar-refractivity contribution in [3.63, 3.8) is 0 Å². The maximum Gasteiger partial charge on any atom is 0.0602 e. The van der Waals surface area contributed by atoms with Crippen LogP contribution >= 0.6 is 22.9 Å². The Morgan fingerprint density at radius 3 is 3.11 bits per heavy atom. The number of halogens is 1. The number of fused-ring (bicyclic) bond motifs is 1. The van der Waals surface area contributed by atoms with Gasteiger partial charge < -0.3 is 0 Å². The van der Waals surface area contributed by atoms with E-state index >= 15 is 0 Å². The summed E-state index contributed by atoms with van der Waals surface area (Å²) in [6.07, 6.45) is 2.86. The molecule has 0 aromatic carbocycles. The van der Waals surface area contributed by atoms with Gasteiger partial charge in [0.25, 0.3) is 0 Å². The van der Waals surface area contributed by atoms with Crippen molar-refractivity contribution in [3.05, 3.63) is 0 Å². The maximum atomic E-state index is 2.58. The summed E-state index contributed by atoms with van der Waals surface area (Å²) in [5.74, 6) is 0. The second-order valence-corrected chi connectivity index (χ2v) is 4.26. The molecule has 0 amide bonds. The van der Waals surface area contributed by atoms with Crippen molar-refractivity contribution in [1.29, 1.82) is 0 Å². The Kier molecular flexibility index (Phi) is 1.67. The summed E-state index contributed by atoms with van der Waals surface area (Å²) >= 11 is 2.41. The average molecular weight is 238 g/mol. The van der Waals surface area contributed by atoms with Crippen LogP contribution in [0.4, 0.5) is 0 Å². The largest absolute Gasteiger partial charge is 0.286 e. The molecule has 0 aromatic heterocycles. The Morgan fingerprint density at radius 2 is 2.33 bits per heavy atom. The van der Waals surface area contributed by atoms with E-state index in [-0.39, 0.29) is 0 Å². The van der Waals surface area contributed by atoms with E-state index in [1.54, 1.807) is 0 Å². The number of rotatable bonds is 0. The van der Waals surface area contributed by atoms with E-state index in [0.717, 1.165) is 6.04 Å². The summed E-state index contributed by atoms with van der Waals surface area (Å²) < 4.78 is 2.38. The Hall–Kier alpha value is 0.650. The van der Waals surface area contributed by atoms with E-state index in [4.69, 9.17) is 0 Å². The van der Waals surface area contributed by atoms with Crippen LogP contribution in [0.15, 0.2) is 0 Å². The lowest BCUT2D eigenvalue weighted by Crippen LogP contribution is -2.23. The zero-order chi connectivity index (χ0) is 6.27. The highest BCUT2D eigenvalue weighted by molar-refractivity contribution is 14.1. The van der Waals surface area contributed by atoms with Crippen LogP contribution in [-0.2, 0) is 0 Å². The molecule has 2 heterocycles. The molecule has 1 unspecified atom stereocenters. The Balaban J connectivity index is 2.02. The smallest absolute Gasteiger partial charge is 0.0602 e. The fourth-order valence-corrected chi connectivity index (χ4v) is 2.62. The van der Waals surface area contributed by atoms with Crippen molar-refractivity contribution in [2.45, 2.75) is 18.9 Å². The van der Waals surface area contributed by atoms with Gasteiger partial charge >= 0.3 is 0 Å². The number of hydrogen-bond acceptors (Lipinski definition) is 2. The van der Waals surface area contributed by atoms with Gasteiger partial charge in [0.2, 0.25) is 0 Å². The minimum atomic E-state index is 0.905. The normalized spacial score (nSPS) is 37.7. The first-order valence-electron chi connectivity index (χ1n) is 3.51. The predicted octanol–water partition coefficient (Wildman–Crippen LogP) is 1.07. The molecule has 0 N–H and O–H groups in total. The lowest BCUT2D eigenvalue weighted by Gasteiger charge is -2.10. The molecule has 1 atom stereocenters. The lowest BCUT2D eigenvalue weighted by molar-refractivity contribution is 0.315. The molecule has 52 valence electrons. The van der Waals surface area contributed by atoms with Crippen LogP contribution in [0.5, 0.6) is 0 Å². The summed E-state index contributed by atoms with van der Waals surface area (Å²) in [4.78, 5) is 2.58. The third-order valence-corrected chi connectivity index (χ3v) is 2.94. The van der Waals surface area contributed by atoms with E-state index in [1.807, 2.05) is 0 Å². The van der Waals surface area contributed by atoms with Crippen LogP contribution in [0.2, 0.25) is 0 Å². The van der Waals surface area contributed by atoms with E-state index in [0.29, 0.717) is 0 Å². The number of hydrogen-bond donors (Lipinski definition) is 0. The molecule has 2 nitrogen and oxygen atoms in total. The first kappa shape index (κ1) is 6.37. The van der Waals surface area contributed by atoms with Crippen molar-refractivity contribution >= 4 is 22.9 Å². The fourth-order valence-electron chi connectivity index (χ4n) is 1.77. The molecule has 0 bridgehead atoms. The van der Waals surface area contributed by atoms with Crippen molar-refractivity contribution in [2.24, 2.45) is 0 Å². The molecule has 2 aliphatic rings. The zero-order valence-electron chi connectivity index (χ0n) is 5.39. The third kappa shape index (κ3) is 1.10. The van der Waals surface area contributed by atoms with Crippen LogP contribution in [-0.4, -0.2) is 33.8 Å². The molecule has 2 aliphatic heterocycles. The molecule has 0 spiro atoms. The van der Waals surface area contributed by atoms with Crippen LogP contribution < -0.4 is 0 Å². The number of nitrogens with zero attached hydrogens (tertiary/aromatic N) is 2. The monoisotopic (exact) mass is 238 g/mol. The van der Waals surface area contributed by atoms with Gasteiger partial charge in [-0.2, -0.15) is 0 Å². The second kappa shape index (κ2) is 2.36. The standard InChI is InChI=1S/C6H11IN2/c7-9-4-6-2-1-3-8(6)5-9/h6H,1-5H2. The van der Waals surface area contributed by atoms with Gasteiger partial charge in [-0.3, -0.25) is 4.90 Å². The van der Waals surface area contributed by atoms with Gasteiger partial charge in [-0.05, 0) is 19.4 Å². The van der Waals surface area contributed by atoms with Gasteiger partial charge in [0.1, 0.15) is 0 Å². The Morgan fingerprint density at radius 1 is 1.44 bits per heavy atom.